The van der Waals surface area contributed by atoms with E-state index in [-0.39, 0.29) is 17.9 Å². The molecule has 1 N–H and O–H groups in total. The molecule has 0 aliphatic carbocycles. The molecule has 34 heavy (non-hydrogen) atoms. The van der Waals surface area contributed by atoms with Gasteiger partial charge in [-0.3, -0.25) is 4.79 Å². The Labute approximate surface area is 202 Å². The molecule has 0 aromatic heterocycles. The molecular formula is C29H33N3O2. The van der Waals surface area contributed by atoms with E-state index in [4.69, 9.17) is 4.74 Å². The van der Waals surface area contributed by atoms with Gasteiger partial charge in [-0.1, -0.05) is 54.1 Å². The fourth-order valence-corrected chi connectivity index (χ4v) is 5.30. The van der Waals surface area contributed by atoms with Gasteiger partial charge in [0.1, 0.15) is 5.75 Å². The van der Waals surface area contributed by atoms with Crippen LogP contribution in [0.25, 0.3) is 0 Å². The molecule has 2 aliphatic heterocycles. The first-order valence-corrected chi connectivity index (χ1v) is 12.2. The number of ether oxygens (including phenoxy) is 1. The highest BCUT2D eigenvalue weighted by atomic mass is 16.5. The second-order valence-electron chi connectivity index (χ2n) is 9.37. The van der Waals surface area contributed by atoms with Gasteiger partial charge in [-0.15, -0.1) is 0 Å². The van der Waals surface area contributed by atoms with E-state index in [1.807, 2.05) is 24.3 Å². The van der Waals surface area contributed by atoms with E-state index in [2.05, 4.69) is 70.6 Å². The molecule has 5 rings (SSSR count). The van der Waals surface area contributed by atoms with Crippen molar-refractivity contribution in [3.8, 4) is 5.75 Å². The average Bonchev–Trinajstić information content (AvgIpc) is 2.88. The Kier molecular flexibility index (Phi) is 6.43. The second-order valence-corrected chi connectivity index (χ2v) is 9.37. The number of piperazine rings is 1. The number of amides is 1. The molecule has 3 aromatic rings. The normalized spacial score (nSPS) is 19.2. The molecule has 1 saturated heterocycles. The molecule has 0 saturated carbocycles. The lowest BCUT2D eigenvalue weighted by atomic mass is 9.83. The third-order valence-electron chi connectivity index (χ3n) is 7.22. The van der Waals surface area contributed by atoms with Crippen molar-refractivity contribution in [1.82, 2.24) is 5.32 Å². The van der Waals surface area contributed by atoms with Gasteiger partial charge in [-0.2, -0.15) is 0 Å². The SMILES string of the molecule is COc1ccc2c(c1)N1CCN(c3ccc(C)cc3)C[C@H]1[C@@H](C(=O)NCCc1ccccc1)C2. The summed E-state index contributed by atoms with van der Waals surface area (Å²) in [7, 11) is 1.71. The van der Waals surface area contributed by atoms with E-state index in [9.17, 15) is 4.79 Å². The highest BCUT2D eigenvalue weighted by Crippen LogP contribution is 2.39. The maximum Gasteiger partial charge on any atom is 0.225 e. The number of carbonyl (C=O) groups excluding carboxylic acids is 1. The zero-order valence-electron chi connectivity index (χ0n) is 20.0. The van der Waals surface area contributed by atoms with Crippen LogP contribution in [0.3, 0.4) is 0 Å². The molecule has 0 spiro atoms. The van der Waals surface area contributed by atoms with E-state index in [1.165, 1.54) is 28.1 Å². The number of fused-ring (bicyclic) bond motifs is 3. The van der Waals surface area contributed by atoms with E-state index in [0.717, 1.165) is 38.2 Å². The van der Waals surface area contributed by atoms with Gasteiger partial charge in [0, 0.05) is 43.6 Å². The first-order valence-electron chi connectivity index (χ1n) is 12.2. The number of anilines is 2. The molecule has 2 heterocycles. The third kappa shape index (κ3) is 4.60. The number of rotatable bonds is 6. The molecule has 0 radical (unpaired) electrons. The number of nitrogens with zero attached hydrogens (tertiary/aromatic N) is 2. The standard InChI is InChI=1S/C29H33N3O2/c1-21-8-11-24(12-9-21)31-16-17-32-27-19-25(34-2)13-10-23(27)18-26(28(32)20-31)29(33)30-15-14-22-6-4-3-5-7-22/h3-13,19,26,28H,14-18,20H2,1-2H3,(H,30,33)/t26-,28-/m0/s1. The van der Waals surface area contributed by atoms with Crippen LogP contribution in [0.15, 0.2) is 72.8 Å². The summed E-state index contributed by atoms with van der Waals surface area (Å²) in [6.45, 7) is 5.41. The number of nitrogens with one attached hydrogen (secondary N) is 1. The molecule has 5 heteroatoms. The summed E-state index contributed by atoms with van der Waals surface area (Å²) in [5, 5.41) is 3.24. The van der Waals surface area contributed by atoms with Crippen molar-refractivity contribution in [3.63, 3.8) is 0 Å². The van der Waals surface area contributed by atoms with E-state index in [1.54, 1.807) is 7.11 Å². The fraction of sp³-hybridized carbons (Fsp3) is 0.345. The zero-order valence-corrected chi connectivity index (χ0v) is 20.0. The van der Waals surface area contributed by atoms with Gasteiger partial charge in [0.15, 0.2) is 0 Å². The van der Waals surface area contributed by atoms with Crippen LogP contribution < -0.4 is 19.9 Å². The minimum atomic E-state index is -0.0927. The Hall–Kier alpha value is -3.47. The Morgan fingerprint density at radius 1 is 1.03 bits per heavy atom. The van der Waals surface area contributed by atoms with Crippen LogP contribution in [-0.2, 0) is 17.6 Å². The maximum atomic E-state index is 13.5. The average molecular weight is 456 g/mol. The number of aryl methyl sites for hydroxylation is 1. The first-order chi connectivity index (χ1) is 16.6. The minimum Gasteiger partial charge on any atom is -0.497 e. The lowest BCUT2D eigenvalue weighted by Crippen LogP contribution is -2.61. The number of benzene rings is 3. The van der Waals surface area contributed by atoms with Crippen molar-refractivity contribution in [3.05, 3.63) is 89.5 Å². The Balaban J connectivity index is 1.37. The summed E-state index contributed by atoms with van der Waals surface area (Å²) in [6.07, 6.45) is 1.59. The molecule has 5 nitrogen and oxygen atoms in total. The predicted octanol–water partition coefficient (Wildman–Crippen LogP) is 4.23. The van der Waals surface area contributed by atoms with Crippen LogP contribution >= 0.6 is 0 Å². The number of hydrogen-bond donors (Lipinski definition) is 1. The van der Waals surface area contributed by atoms with Crippen LogP contribution in [-0.4, -0.2) is 45.2 Å². The smallest absolute Gasteiger partial charge is 0.225 e. The van der Waals surface area contributed by atoms with Crippen molar-refractivity contribution in [2.45, 2.75) is 25.8 Å². The summed E-state index contributed by atoms with van der Waals surface area (Å²) in [5.74, 6) is 0.923. The summed E-state index contributed by atoms with van der Waals surface area (Å²) in [6, 6.07) is 25.4. The summed E-state index contributed by atoms with van der Waals surface area (Å²) < 4.78 is 5.51. The molecule has 2 atom stereocenters. The topological polar surface area (TPSA) is 44.8 Å². The van der Waals surface area contributed by atoms with Crippen molar-refractivity contribution in [2.75, 3.05) is 43.1 Å². The summed E-state index contributed by atoms with van der Waals surface area (Å²) in [4.78, 5) is 18.3. The molecule has 2 aliphatic rings. The number of carbonyl (C=O) groups is 1. The number of methoxy groups -OCH3 is 1. The van der Waals surface area contributed by atoms with Gasteiger partial charge in [0.2, 0.25) is 5.91 Å². The van der Waals surface area contributed by atoms with Gasteiger partial charge in [0.05, 0.1) is 19.1 Å². The Bertz CT molecular complexity index is 1130. The highest BCUT2D eigenvalue weighted by molar-refractivity contribution is 5.82. The second kappa shape index (κ2) is 9.80. The Morgan fingerprint density at radius 3 is 2.59 bits per heavy atom. The maximum absolute atomic E-state index is 13.5. The summed E-state index contributed by atoms with van der Waals surface area (Å²) >= 11 is 0. The van der Waals surface area contributed by atoms with Crippen molar-refractivity contribution < 1.29 is 9.53 Å². The van der Waals surface area contributed by atoms with Gasteiger partial charge in [-0.25, -0.2) is 0 Å². The quantitative estimate of drug-likeness (QED) is 0.604. The van der Waals surface area contributed by atoms with Crippen molar-refractivity contribution in [1.29, 1.82) is 0 Å². The predicted molar refractivity (Wildman–Crippen MR) is 138 cm³/mol. The van der Waals surface area contributed by atoms with Crippen molar-refractivity contribution >= 4 is 17.3 Å². The van der Waals surface area contributed by atoms with Gasteiger partial charge in [0.25, 0.3) is 0 Å². The molecular weight excluding hydrogens is 422 g/mol. The van der Waals surface area contributed by atoms with Gasteiger partial charge < -0.3 is 19.9 Å². The van der Waals surface area contributed by atoms with Crippen LogP contribution in [0.1, 0.15) is 16.7 Å². The lowest BCUT2D eigenvalue weighted by Gasteiger charge is -2.49. The van der Waals surface area contributed by atoms with E-state index in [0.29, 0.717) is 6.54 Å². The third-order valence-corrected chi connectivity index (χ3v) is 7.22. The monoisotopic (exact) mass is 455 g/mol. The van der Waals surface area contributed by atoms with Gasteiger partial charge >= 0.3 is 0 Å². The molecule has 176 valence electrons. The largest absolute Gasteiger partial charge is 0.497 e. The molecule has 1 fully saturated rings. The zero-order chi connectivity index (χ0) is 23.5. The van der Waals surface area contributed by atoms with Crippen LogP contribution in [0.5, 0.6) is 5.75 Å². The minimum absolute atomic E-state index is 0.0927. The lowest BCUT2D eigenvalue weighted by molar-refractivity contribution is -0.125. The van der Waals surface area contributed by atoms with E-state index >= 15 is 0 Å². The molecule has 0 bridgehead atoms. The molecule has 1 amide bonds. The number of hydrogen-bond acceptors (Lipinski definition) is 4. The summed E-state index contributed by atoms with van der Waals surface area (Å²) in [5.41, 5.74) is 6.17. The Morgan fingerprint density at radius 2 is 1.82 bits per heavy atom. The molecule has 0 unspecified atom stereocenters. The molecule has 3 aromatic carbocycles. The first kappa shape index (κ1) is 22.3. The fourth-order valence-electron chi connectivity index (χ4n) is 5.30. The van der Waals surface area contributed by atoms with Crippen molar-refractivity contribution in [2.24, 2.45) is 5.92 Å². The van der Waals surface area contributed by atoms with E-state index < -0.39 is 0 Å². The van der Waals surface area contributed by atoms with Crippen LogP contribution in [0.4, 0.5) is 11.4 Å². The van der Waals surface area contributed by atoms with Gasteiger partial charge in [-0.05, 0) is 49.1 Å². The van der Waals surface area contributed by atoms with Crippen LogP contribution in [0, 0.1) is 12.8 Å². The highest BCUT2D eigenvalue weighted by Gasteiger charge is 2.41. The van der Waals surface area contributed by atoms with Crippen LogP contribution in [0.2, 0.25) is 0 Å².